The Hall–Kier alpha value is -15.4. The number of anilines is 12. The lowest BCUT2D eigenvalue weighted by molar-refractivity contribution is -0.0527. The maximum atomic E-state index is 14.7. The summed E-state index contributed by atoms with van der Waals surface area (Å²) in [4.78, 5) is 52.0. The third-order valence-corrected chi connectivity index (χ3v) is 18.7. The van der Waals surface area contributed by atoms with Gasteiger partial charge in [0.2, 0.25) is 47.1 Å². The van der Waals surface area contributed by atoms with Gasteiger partial charge in [-0.05, 0) is 147 Å². The molecule has 0 saturated heterocycles. The van der Waals surface area contributed by atoms with Crippen molar-refractivity contribution in [1.29, 1.82) is 0 Å². The van der Waals surface area contributed by atoms with E-state index in [1.54, 1.807) is 18.3 Å². The quantitative estimate of drug-likeness (QED) is 0.0260. The van der Waals surface area contributed by atoms with Crippen LogP contribution in [0.5, 0.6) is 23.0 Å². The van der Waals surface area contributed by atoms with Gasteiger partial charge in [-0.3, -0.25) is 18.3 Å². The third-order valence-electron chi connectivity index (χ3n) is 18.7. The Labute approximate surface area is 691 Å². The molecule has 8 aromatic heterocycles. The highest BCUT2D eigenvalue weighted by Gasteiger charge is 2.34. The molecular formula is C82H66F14N24O4. The van der Waals surface area contributed by atoms with E-state index < -0.39 is 84.5 Å². The molecular weight excluding hydrogens is 1650 g/mol. The number of benzene rings is 8. The Morgan fingerprint density at radius 3 is 0.871 bits per heavy atom. The van der Waals surface area contributed by atoms with Crippen LogP contribution in [0.3, 0.4) is 0 Å². The third kappa shape index (κ3) is 18.6. The molecule has 28 nitrogen and oxygen atoms in total. The second-order valence-electron chi connectivity index (χ2n) is 27.2. The largest absolute Gasteiger partial charge is 0.435 e. The van der Waals surface area contributed by atoms with Crippen molar-refractivity contribution in [3.8, 4) is 46.8 Å². The summed E-state index contributed by atoms with van der Waals surface area (Å²) < 4.78 is 209. The Bertz CT molecular complexity index is 6600. The lowest BCUT2D eigenvalue weighted by Gasteiger charge is -2.13. The van der Waals surface area contributed by atoms with Crippen LogP contribution in [-0.4, -0.2) is 105 Å². The van der Waals surface area contributed by atoms with Crippen LogP contribution in [0.2, 0.25) is 0 Å². The number of halogens is 14. The van der Waals surface area contributed by atoms with Crippen molar-refractivity contribution in [1.82, 2.24) is 78.1 Å². The smallest absolute Gasteiger partial charge is 0.387 e. The average Bonchev–Trinajstić information content (AvgIpc) is 1.59. The fourth-order valence-electron chi connectivity index (χ4n) is 12.9. The molecule has 2 aliphatic rings. The van der Waals surface area contributed by atoms with Crippen LogP contribution >= 0.6 is 0 Å². The molecule has 2 saturated carbocycles. The van der Waals surface area contributed by atoms with Crippen LogP contribution in [-0.2, 0) is 12.8 Å². The summed E-state index contributed by atoms with van der Waals surface area (Å²) in [7, 11) is 0. The number of hydrogen-bond acceptors (Lipinski definition) is 24. The van der Waals surface area contributed by atoms with Gasteiger partial charge in [-0.25, -0.2) is 28.7 Å². The summed E-state index contributed by atoms with van der Waals surface area (Å²) >= 11 is 0. The number of hydrogen-bond donors (Lipinski definition) is 8. The Morgan fingerprint density at radius 2 is 0.589 bits per heavy atom. The number of nitrogens with one attached hydrogen (secondary N) is 4. The fraction of sp³-hybridized carbons (Fsp3) is 0.171. The number of nitrogen functional groups attached to an aromatic ring is 4. The predicted molar refractivity (Wildman–Crippen MR) is 432 cm³/mol. The molecule has 636 valence electrons. The Morgan fingerprint density at radius 1 is 0.323 bits per heavy atom. The number of aromatic nitrogens is 16. The first-order valence-electron chi connectivity index (χ1n) is 37.6. The predicted octanol–water partition coefficient (Wildman–Crippen LogP) is 18.7. The molecule has 0 radical (unpaired) electrons. The average molecular weight is 1720 g/mol. The topological polar surface area (TPSA) is 364 Å². The minimum absolute atomic E-state index is 0.0112. The normalized spacial score (nSPS) is 12.5. The van der Waals surface area contributed by atoms with Gasteiger partial charge >= 0.3 is 26.4 Å². The first kappa shape index (κ1) is 83.6. The molecule has 16 aromatic rings. The summed E-state index contributed by atoms with van der Waals surface area (Å²) in [6, 6.07) is 47.1. The maximum absolute atomic E-state index is 14.7. The van der Waals surface area contributed by atoms with E-state index in [1.165, 1.54) is 60.7 Å². The number of nitrogens with zero attached hydrogens (tertiary/aromatic N) is 16. The van der Waals surface area contributed by atoms with Crippen molar-refractivity contribution in [2.45, 2.75) is 90.7 Å². The molecule has 12 N–H and O–H groups in total. The standard InChI is InChI=1S/C21H16F4N6O.C21H17F3N6O.C20H16F4N6O.C20H17F3N6O/c22-12-9-11(7-8-15(12)32-20(24)25)27-18-16(23)17(26)29-21(30-18)31-14-4-2-1-3-13(14)28-19(31)10-5-6-10;22-16-17(25)28-21(29-18(16)26-12-7-9-13(10-8-12)31-20(23)24)30-15-4-2-1-3-14(15)27-19(30)11-5-6-11;1-2-15-27-12-5-3-4-6-13(12)30(15)20-28-17(25)16(22)18(29-20)26-10-7-8-14(11(21)9-10)31-19(23)24;1-2-15-26-13-5-3-4-6-14(13)29(15)20-27-17(24)16(21)18(28-20)25-11-7-9-12(10-8-11)30-19(22)23/h1-4,7-10,20H,5-6H2,(H3,26,27,29,30);1-4,7-11,20H,5-6H2,(H3,25,26,28,29);3-9,19H,2H2,1H3,(H3,25,26,28,29);3-10,19H,2H2,1H3,(H3,24,25,27,28). The van der Waals surface area contributed by atoms with Gasteiger partial charge in [0.05, 0.1) is 44.1 Å². The molecule has 0 unspecified atom stereocenters. The van der Waals surface area contributed by atoms with Crippen molar-refractivity contribution in [3.05, 3.63) is 240 Å². The summed E-state index contributed by atoms with van der Waals surface area (Å²) in [5, 5.41) is 10.8. The summed E-state index contributed by atoms with van der Waals surface area (Å²) in [6.45, 7) is -8.36. The van der Waals surface area contributed by atoms with Crippen LogP contribution in [0.1, 0.15) is 74.7 Å². The van der Waals surface area contributed by atoms with Gasteiger partial charge < -0.3 is 63.1 Å². The molecule has 124 heavy (non-hydrogen) atoms. The van der Waals surface area contributed by atoms with Gasteiger partial charge in [-0.2, -0.15) is 92.6 Å². The molecule has 0 spiro atoms. The number of fused-ring (bicyclic) bond motifs is 4. The zero-order valence-electron chi connectivity index (χ0n) is 64.4. The number of imidazole rings is 4. The molecule has 8 heterocycles. The molecule has 0 aliphatic heterocycles. The molecule has 42 heteroatoms. The molecule has 2 aliphatic carbocycles. The van der Waals surface area contributed by atoms with Gasteiger partial charge in [0.1, 0.15) is 34.8 Å². The van der Waals surface area contributed by atoms with Crippen LogP contribution in [0, 0.1) is 34.9 Å². The zero-order valence-corrected chi connectivity index (χ0v) is 64.4. The molecule has 0 amide bonds. The van der Waals surface area contributed by atoms with Gasteiger partial charge in [0, 0.05) is 59.6 Å². The number of ether oxygens (including phenoxy) is 4. The fourth-order valence-corrected chi connectivity index (χ4v) is 12.9. The summed E-state index contributed by atoms with van der Waals surface area (Å²) in [5.41, 5.74) is 30.1. The SMILES string of the molecule is CCc1nc2ccccc2n1-c1nc(N)c(F)c(Nc2ccc(OC(F)F)c(F)c2)n1.CCc1nc2ccccc2n1-c1nc(N)c(F)c(Nc2ccc(OC(F)F)cc2)n1.Nc1nc(-n2c(C3CC3)nc3ccccc32)nc(Nc2ccc(OC(F)F)c(F)c2)c1F.Nc1nc(-n2c(C3CC3)nc3ccccc32)nc(Nc2ccc(OC(F)F)cc2)c1F. The van der Waals surface area contributed by atoms with E-state index in [4.69, 9.17) is 27.9 Å². The van der Waals surface area contributed by atoms with Crippen LogP contribution in [0.15, 0.2) is 182 Å². The van der Waals surface area contributed by atoms with Gasteiger partial charge in [0.25, 0.3) is 0 Å². The highest BCUT2D eigenvalue weighted by Crippen LogP contribution is 2.44. The van der Waals surface area contributed by atoms with Crippen LogP contribution in [0.4, 0.5) is 131 Å². The van der Waals surface area contributed by atoms with E-state index in [9.17, 15) is 61.5 Å². The highest BCUT2D eigenvalue weighted by molar-refractivity contribution is 5.82. The van der Waals surface area contributed by atoms with Crippen molar-refractivity contribution >= 4 is 113 Å². The zero-order chi connectivity index (χ0) is 87.3. The number of para-hydroxylation sites is 8. The highest BCUT2D eigenvalue weighted by atomic mass is 19.3. The molecule has 0 atom stereocenters. The van der Waals surface area contributed by atoms with Gasteiger partial charge in [-0.1, -0.05) is 62.4 Å². The van der Waals surface area contributed by atoms with E-state index in [2.05, 4.69) is 95.0 Å². The van der Waals surface area contributed by atoms with Crippen molar-refractivity contribution in [3.63, 3.8) is 0 Å². The van der Waals surface area contributed by atoms with Crippen LogP contribution < -0.4 is 63.1 Å². The number of aryl methyl sites for hydroxylation is 2. The van der Waals surface area contributed by atoms with E-state index in [0.717, 1.165) is 94.7 Å². The molecule has 2 fully saturated rings. The first-order valence-corrected chi connectivity index (χ1v) is 37.6. The van der Waals surface area contributed by atoms with Crippen molar-refractivity contribution in [2.24, 2.45) is 0 Å². The second kappa shape index (κ2) is 35.9. The number of nitrogens with two attached hydrogens (primary N) is 4. The summed E-state index contributed by atoms with van der Waals surface area (Å²) in [5.74, 6) is -5.31. The van der Waals surface area contributed by atoms with Crippen LogP contribution in [0.25, 0.3) is 67.9 Å². The number of rotatable bonds is 24. The number of alkyl halides is 8. The summed E-state index contributed by atoms with van der Waals surface area (Å²) in [6.07, 6.45) is 5.11. The van der Waals surface area contributed by atoms with Crippen molar-refractivity contribution in [2.75, 3.05) is 44.2 Å². The van der Waals surface area contributed by atoms with E-state index >= 15 is 0 Å². The second-order valence-corrected chi connectivity index (χ2v) is 27.2. The Balaban J connectivity index is 0.000000128. The Kier molecular flexibility index (Phi) is 24.2. The van der Waals surface area contributed by atoms with E-state index in [-0.39, 0.29) is 87.5 Å². The minimum atomic E-state index is -3.17. The molecule has 0 bridgehead atoms. The minimum Gasteiger partial charge on any atom is -0.435 e. The molecule has 8 aromatic carbocycles. The lowest BCUT2D eigenvalue weighted by Crippen LogP contribution is -2.11. The van der Waals surface area contributed by atoms with Gasteiger partial charge in [-0.15, -0.1) is 0 Å². The van der Waals surface area contributed by atoms with Crippen molar-refractivity contribution < 1.29 is 80.4 Å². The first-order chi connectivity index (χ1) is 59.7. The maximum Gasteiger partial charge on any atom is 0.387 e. The monoisotopic (exact) mass is 1720 g/mol. The lowest BCUT2D eigenvalue weighted by atomic mass is 10.3. The van der Waals surface area contributed by atoms with E-state index in [1.807, 2.05) is 111 Å². The molecule has 18 rings (SSSR count). The van der Waals surface area contributed by atoms with E-state index in [0.29, 0.717) is 52.8 Å². The van der Waals surface area contributed by atoms with Gasteiger partial charge in [0.15, 0.2) is 69.7 Å².